The van der Waals surface area contributed by atoms with Gasteiger partial charge in [-0.05, 0) is 24.1 Å². The Kier molecular flexibility index (Phi) is 3.08. The van der Waals surface area contributed by atoms with E-state index < -0.39 is 0 Å². The predicted molar refractivity (Wildman–Crippen MR) is 72.6 cm³/mol. The number of nitrogens with zero attached hydrogens (tertiary/aromatic N) is 3. The van der Waals surface area contributed by atoms with Gasteiger partial charge in [0.1, 0.15) is 11.5 Å². The van der Waals surface area contributed by atoms with E-state index in [0.717, 1.165) is 22.9 Å². The number of hydrogen-bond acceptors (Lipinski definition) is 4. The van der Waals surface area contributed by atoms with Gasteiger partial charge in [0.15, 0.2) is 0 Å². The van der Waals surface area contributed by atoms with Gasteiger partial charge in [-0.1, -0.05) is 17.7 Å². The van der Waals surface area contributed by atoms with Gasteiger partial charge < -0.3 is 10.6 Å². The van der Waals surface area contributed by atoms with Gasteiger partial charge in [0.05, 0.1) is 11.6 Å². The lowest BCUT2D eigenvalue weighted by Gasteiger charge is -2.16. The largest absolute Gasteiger partial charge is 0.337 e. The fraction of sp³-hybridized carbons (Fsp3) is 0.308. The first-order valence-electron chi connectivity index (χ1n) is 6.08. The van der Waals surface area contributed by atoms with Crippen molar-refractivity contribution >= 4 is 28.4 Å². The van der Waals surface area contributed by atoms with Crippen LogP contribution in [0.3, 0.4) is 0 Å². The molecule has 98 valence electrons. The van der Waals surface area contributed by atoms with Crippen molar-refractivity contribution in [3.8, 4) is 0 Å². The van der Waals surface area contributed by atoms with E-state index in [1.54, 1.807) is 4.90 Å². The fourth-order valence-corrected chi connectivity index (χ4v) is 2.51. The van der Waals surface area contributed by atoms with E-state index in [2.05, 4.69) is 9.97 Å². The van der Waals surface area contributed by atoms with E-state index in [1.807, 2.05) is 18.2 Å². The van der Waals surface area contributed by atoms with Crippen molar-refractivity contribution in [2.75, 3.05) is 6.54 Å². The predicted octanol–water partition coefficient (Wildman–Crippen LogP) is 1.34. The molecule has 19 heavy (non-hydrogen) atoms. The summed E-state index contributed by atoms with van der Waals surface area (Å²) in [5.74, 6) is 0.00973. The van der Waals surface area contributed by atoms with Crippen LogP contribution in [0.4, 0.5) is 0 Å². The average Bonchev–Trinajstić information content (AvgIpc) is 2.72. The molecule has 2 heterocycles. The topological polar surface area (TPSA) is 72.1 Å². The van der Waals surface area contributed by atoms with Gasteiger partial charge in [0.25, 0.3) is 0 Å². The molecule has 1 fully saturated rings. The van der Waals surface area contributed by atoms with Gasteiger partial charge in [0.2, 0.25) is 5.91 Å². The summed E-state index contributed by atoms with van der Waals surface area (Å²) < 4.78 is 0. The monoisotopic (exact) mass is 276 g/mol. The van der Waals surface area contributed by atoms with Gasteiger partial charge in [-0.25, -0.2) is 9.97 Å². The van der Waals surface area contributed by atoms with Crippen LogP contribution in [0.5, 0.6) is 0 Å². The Morgan fingerprint density at radius 2 is 2.26 bits per heavy atom. The number of hydrogen-bond donors (Lipinski definition) is 1. The first kappa shape index (κ1) is 12.3. The highest BCUT2D eigenvalue weighted by atomic mass is 35.5. The summed E-state index contributed by atoms with van der Waals surface area (Å²) >= 11 is 6.05. The number of aromatic nitrogens is 2. The molecule has 0 aliphatic carbocycles. The van der Waals surface area contributed by atoms with Crippen molar-refractivity contribution in [1.29, 1.82) is 0 Å². The lowest BCUT2D eigenvalue weighted by Crippen LogP contribution is -2.33. The van der Waals surface area contributed by atoms with Crippen LogP contribution >= 0.6 is 11.6 Å². The van der Waals surface area contributed by atoms with Gasteiger partial charge in [-0.15, -0.1) is 0 Å². The third-order valence-corrected chi connectivity index (χ3v) is 3.66. The molecule has 1 atom stereocenters. The van der Waals surface area contributed by atoms with Crippen molar-refractivity contribution in [3.05, 3.63) is 35.2 Å². The van der Waals surface area contributed by atoms with Crippen LogP contribution < -0.4 is 5.73 Å². The van der Waals surface area contributed by atoms with Crippen LogP contribution in [0.2, 0.25) is 5.15 Å². The van der Waals surface area contributed by atoms with E-state index in [1.165, 1.54) is 6.33 Å². The van der Waals surface area contributed by atoms with Crippen molar-refractivity contribution in [2.45, 2.75) is 19.0 Å². The van der Waals surface area contributed by atoms with Crippen molar-refractivity contribution < 1.29 is 4.79 Å². The molecule has 1 amide bonds. The van der Waals surface area contributed by atoms with Crippen LogP contribution in [0, 0.1) is 0 Å². The molecule has 2 aromatic rings. The second-order valence-electron chi connectivity index (χ2n) is 4.67. The van der Waals surface area contributed by atoms with E-state index in [4.69, 9.17) is 17.3 Å². The maximum Gasteiger partial charge on any atom is 0.239 e. The lowest BCUT2D eigenvalue weighted by atomic mass is 10.1. The number of fused-ring (bicyclic) bond motifs is 1. The third kappa shape index (κ3) is 2.27. The maximum absolute atomic E-state index is 11.8. The summed E-state index contributed by atoms with van der Waals surface area (Å²) in [6, 6.07) is 5.41. The summed E-state index contributed by atoms with van der Waals surface area (Å²) in [7, 11) is 0. The van der Waals surface area contributed by atoms with Crippen LogP contribution in [0.1, 0.15) is 12.0 Å². The second kappa shape index (κ2) is 4.75. The molecule has 6 heteroatoms. The van der Waals surface area contributed by atoms with Gasteiger partial charge in [-0.3, -0.25) is 4.79 Å². The highest BCUT2D eigenvalue weighted by Gasteiger charge is 2.28. The Morgan fingerprint density at radius 3 is 3.00 bits per heavy atom. The zero-order chi connectivity index (χ0) is 13.4. The zero-order valence-corrected chi connectivity index (χ0v) is 11.0. The van der Waals surface area contributed by atoms with E-state index in [9.17, 15) is 4.79 Å². The first-order valence-corrected chi connectivity index (χ1v) is 6.46. The molecule has 3 rings (SSSR count). The molecule has 1 aromatic heterocycles. The summed E-state index contributed by atoms with van der Waals surface area (Å²) in [5, 5.41) is 1.23. The van der Waals surface area contributed by atoms with Gasteiger partial charge >= 0.3 is 0 Å². The average molecular weight is 277 g/mol. The number of carbonyl (C=O) groups excluding carboxylic acids is 1. The Hall–Kier alpha value is -1.72. The quantitative estimate of drug-likeness (QED) is 0.840. The minimum atomic E-state index is -0.354. The van der Waals surface area contributed by atoms with Crippen LogP contribution in [0.15, 0.2) is 24.5 Å². The molecule has 1 aliphatic heterocycles. The van der Waals surface area contributed by atoms with Crippen LogP contribution in [-0.2, 0) is 11.3 Å². The zero-order valence-electron chi connectivity index (χ0n) is 10.2. The number of likely N-dealkylation sites (tertiary alicyclic amines) is 1. The molecule has 0 radical (unpaired) electrons. The lowest BCUT2D eigenvalue weighted by molar-refractivity contribution is -0.129. The highest BCUT2D eigenvalue weighted by molar-refractivity contribution is 6.34. The Labute approximate surface area is 115 Å². The van der Waals surface area contributed by atoms with Gasteiger partial charge in [0, 0.05) is 18.5 Å². The summed E-state index contributed by atoms with van der Waals surface area (Å²) in [6.45, 7) is 1.25. The molecule has 0 unspecified atom stereocenters. The smallest absolute Gasteiger partial charge is 0.239 e. The third-order valence-electron chi connectivity index (χ3n) is 3.36. The standard InChI is InChI=1S/C13H13ClN4O/c14-12-9-5-8(1-2-11(9)16-7-17-12)6-18-4-3-10(15)13(18)19/h1-2,5,7,10H,3-4,6,15H2/t10-/m0/s1. The van der Waals surface area contributed by atoms with Crippen LogP contribution in [0.25, 0.3) is 10.9 Å². The maximum atomic E-state index is 11.8. The molecule has 1 aliphatic rings. The van der Waals surface area contributed by atoms with Crippen molar-refractivity contribution in [1.82, 2.24) is 14.9 Å². The molecular weight excluding hydrogens is 264 g/mol. The molecule has 1 aromatic carbocycles. The number of carbonyl (C=O) groups is 1. The molecular formula is C13H13ClN4O. The van der Waals surface area contributed by atoms with E-state index >= 15 is 0 Å². The molecule has 1 saturated heterocycles. The number of amides is 1. The summed E-state index contributed by atoms with van der Waals surface area (Å²) in [4.78, 5) is 21.7. The molecule has 0 spiro atoms. The molecule has 0 bridgehead atoms. The van der Waals surface area contributed by atoms with E-state index in [0.29, 0.717) is 18.2 Å². The van der Waals surface area contributed by atoms with Crippen LogP contribution in [-0.4, -0.2) is 33.4 Å². The summed E-state index contributed by atoms with van der Waals surface area (Å²) in [5.41, 5.74) is 7.51. The Bertz CT molecular complexity index is 646. The normalized spacial score (nSPS) is 19.4. The van der Waals surface area contributed by atoms with E-state index in [-0.39, 0.29) is 11.9 Å². The Morgan fingerprint density at radius 1 is 1.42 bits per heavy atom. The second-order valence-corrected chi connectivity index (χ2v) is 5.03. The van der Waals surface area contributed by atoms with Crippen molar-refractivity contribution in [3.63, 3.8) is 0 Å². The van der Waals surface area contributed by atoms with Gasteiger partial charge in [-0.2, -0.15) is 0 Å². The molecule has 2 N–H and O–H groups in total. The number of halogens is 1. The number of nitrogens with two attached hydrogens (primary N) is 1. The number of rotatable bonds is 2. The minimum Gasteiger partial charge on any atom is -0.337 e. The number of benzene rings is 1. The van der Waals surface area contributed by atoms with Crippen molar-refractivity contribution in [2.24, 2.45) is 5.73 Å². The fourth-order valence-electron chi connectivity index (χ4n) is 2.31. The molecule has 5 nitrogen and oxygen atoms in total. The molecule has 0 saturated carbocycles. The SMILES string of the molecule is N[C@H]1CCN(Cc2ccc3ncnc(Cl)c3c2)C1=O. The summed E-state index contributed by atoms with van der Waals surface area (Å²) in [6.07, 6.45) is 2.16. The first-order chi connectivity index (χ1) is 9.15. The Balaban J connectivity index is 1.90. The minimum absolute atomic E-state index is 0.00973. The highest BCUT2D eigenvalue weighted by Crippen LogP contribution is 2.22.